The van der Waals surface area contributed by atoms with Crippen molar-refractivity contribution in [3.63, 3.8) is 0 Å². The van der Waals surface area contributed by atoms with Crippen LogP contribution in [-0.2, 0) is 21.7 Å². The van der Waals surface area contributed by atoms with Crippen molar-refractivity contribution in [3.8, 4) is 17.1 Å². The van der Waals surface area contributed by atoms with Crippen molar-refractivity contribution < 1.29 is 17.2 Å². The van der Waals surface area contributed by atoms with Crippen molar-refractivity contribution in [1.82, 2.24) is 29.9 Å². The standard InChI is InChI=1S/C29H32F2N6O2S/c1-7-19-18-15-22(26-20(30)9-8-10-21(26)31)34-35-27(18)29(5,28(19,3)4)23-13-17(2)14-25(33-23)37-16-32-24(36-37)11-12-40(6,38)39/h8-10,13-16,19H,7,11-12H2,1-6H3/t19-,29-/m0/s1. The SMILES string of the molecule is CC[C@H]1c2cc(-c3c(F)cccc3F)nnc2[C@](C)(c2cc(C)cc(-n3cnc(CCS(C)(=O)=O)n3)n2)C1(C)C. The summed E-state index contributed by atoms with van der Waals surface area (Å²) in [6.07, 6.45) is 3.71. The highest BCUT2D eigenvalue weighted by Crippen LogP contribution is 2.61. The van der Waals surface area contributed by atoms with Crippen molar-refractivity contribution in [2.24, 2.45) is 5.41 Å². The maximum Gasteiger partial charge on any atom is 0.155 e. The first-order chi connectivity index (χ1) is 18.8. The molecule has 1 aliphatic carbocycles. The molecule has 0 amide bonds. The van der Waals surface area contributed by atoms with Gasteiger partial charge in [-0.2, -0.15) is 5.10 Å². The monoisotopic (exact) mass is 566 g/mol. The highest BCUT2D eigenvalue weighted by molar-refractivity contribution is 7.90. The Labute approximate surface area is 232 Å². The van der Waals surface area contributed by atoms with Crippen LogP contribution < -0.4 is 0 Å². The Morgan fingerprint density at radius 2 is 1.75 bits per heavy atom. The highest BCUT2D eigenvalue weighted by Gasteiger charge is 2.57. The summed E-state index contributed by atoms with van der Waals surface area (Å²) in [6.45, 7) is 10.5. The summed E-state index contributed by atoms with van der Waals surface area (Å²) in [5, 5.41) is 13.4. The fourth-order valence-electron chi connectivity index (χ4n) is 5.97. The van der Waals surface area contributed by atoms with E-state index < -0.39 is 26.9 Å². The minimum absolute atomic E-state index is 0.0244. The number of sulfone groups is 1. The Morgan fingerprint density at radius 3 is 2.40 bits per heavy atom. The molecule has 210 valence electrons. The van der Waals surface area contributed by atoms with Gasteiger partial charge in [0.05, 0.1) is 33.8 Å². The Bertz CT molecular complexity index is 1700. The summed E-state index contributed by atoms with van der Waals surface area (Å²) in [4.78, 5) is 9.28. The van der Waals surface area contributed by atoms with Gasteiger partial charge in [-0.25, -0.2) is 31.8 Å². The maximum atomic E-state index is 14.6. The molecule has 0 fully saturated rings. The van der Waals surface area contributed by atoms with Crippen LogP contribution in [0.15, 0.2) is 42.7 Å². The Balaban J connectivity index is 1.62. The zero-order valence-corrected chi connectivity index (χ0v) is 24.2. The van der Waals surface area contributed by atoms with Crippen molar-refractivity contribution in [3.05, 3.63) is 82.7 Å². The quantitative estimate of drug-likeness (QED) is 0.305. The minimum atomic E-state index is -3.14. The first-order valence-electron chi connectivity index (χ1n) is 13.2. The zero-order valence-electron chi connectivity index (χ0n) is 23.4. The number of benzene rings is 1. The molecule has 0 unspecified atom stereocenters. The molecule has 0 aliphatic heterocycles. The van der Waals surface area contributed by atoms with Crippen LogP contribution in [-0.4, -0.2) is 50.4 Å². The van der Waals surface area contributed by atoms with Gasteiger partial charge < -0.3 is 0 Å². The molecule has 0 spiro atoms. The second kappa shape index (κ2) is 9.79. The van der Waals surface area contributed by atoms with E-state index in [1.54, 1.807) is 10.7 Å². The van der Waals surface area contributed by atoms with Gasteiger partial charge in [0.15, 0.2) is 11.6 Å². The molecule has 11 heteroatoms. The van der Waals surface area contributed by atoms with E-state index in [-0.39, 0.29) is 34.8 Å². The van der Waals surface area contributed by atoms with Crippen LogP contribution in [0.5, 0.6) is 0 Å². The molecule has 0 radical (unpaired) electrons. The summed E-state index contributed by atoms with van der Waals surface area (Å²) < 4.78 is 54.0. The topological polar surface area (TPSA) is 104 Å². The number of fused-ring (bicyclic) bond motifs is 1. The van der Waals surface area contributed by atoms with Gasteiger partial charge >= 0.3 is 0 Å². The second-order valence-electron chi connectivity index (χ2n) is 11.3. The third-order valence-corrected chi connectivity index (χ3v) is 9.34. The maximum absolute atomic E-state index is 14.6. The first kappa shape index (κ1) is 27.9. The van der Waals surface area contributed by atoms with E-state index in [1.807, 2.05) is 19.1 Å². The van der Waals surface area contributed by atoms with Gasteiger partial charge in [-0.3, -0.25) is 0 Å². The number of hydrogen-bond acceptors (Lipinski definition) is 7. The van der Waals surface area contributed by atoms with Gasteiger partial charge in [0, 0.05) is 12.7 Å². The fraction of sp³-hybridized carbons (Fsp3) is 0.414. The lowest BCUT2D eigenvalue weighted by atomic mass is 9.62. The van der Waals surface area contributed by atoms with Crippen molar-refractivity contribution in [2.45, 2.75) is 58.8 Å². The molecule has 5 rings (SSSR count). The van der Waals surface area contributed by atoms with Crippen LogP contribution in [0.3, 0.4) is 0 Å². The van der Waals surface area contributed by atoms with Gasteiger partial charge in [0.25, 0.3) is 0 Å². The van der Waals surface area contributed by atoms with Gasteiger partial charge in [0.2, 0.25) is 0 Å². The van der Waals surface area contributed by atoms with Crippen LogP contribution in [0.2, 0.25) is 0 Å². The molecule has 8 nitrogen and oxygen atoms in total. The summed E-state index contributed by atoms with van der Waals surface area (Å²) >= 11 is 0. The van der Waals surface area contributed by atoms with Gasteiger partial charge in [0.1, 0.15) is 27.8 Å². The molecular weight excluding hydrogens is 534 g/mol. The number of aromatic nitrogens is 6. The van der Waals surface area contributed by atoms with E-state index >= 15 is 0 Å². The molecule has 3 aromatic heterocycles. The van der Waals surface area contributed by atoms with Crippen LogP contribution in [0.1, 0.15) is 68.4 Å². The van der Waals surface area contributed by atoms with Crippen LogP contribution in [0.4, 0.5) is 8.78 Å². The molecular formula is C29H32F2N6O2S. The molecule has 0 saturated carbocycles. The molecule has 0 bridgehead atoms. The largest absolute Gasteiger partial charge is 0.233 e. The van der Waals surface area contributed by atoms with Crippen molar-refractivity contribution >= 4 is 9.84 Å². The summed E-state index contributed by atoms with van der Waals surface area (Å²) in [5.41, 5.74) is 2.23. The Hall–Kier alpha value is -3.60. The summed E-state index contributed by atoms with van der Waals surface area (Å²) in [6, 6.07) is 9.43. The van der Waals surface area contributed by atoms with Crippen molar-refractivity contribution in [2.75, 3.05) is 12.0 Å². The molecule has 0 saturated heterocycles. The first-order valence-corrected chi connectivity index (χ1v) is 15.2. The van der Waals surface area contributed by atoms with E-state index in [1.165, 1.54) is 30.8 Å². The molecule has 0 N–H and O–H groups in total. The van der Waals surface area contributed by atoms with Crippen LogP contribution in [0, 0.1) is 24.0 Å². The number of rotatable bonds is 7. The van der Waals surface area contributed by atoms with E-state index in [0.29, 0.717) is 11.6 Å². The van der Waals surface area contributed by atoms with E-state index in [4.69, 9.17) is 4.98 Å². The van der Waals surface area contributed by atoms with Crippen molar-refractivity contribution in [1.29, 1.82) is 0 Å². The fourth-order valence-corrected chi connectivity index (χ4v) is 6.52. The minimum Gasteiger partial charge on any atom is -0.233 e. The van der Waals surface area contributed by atoms with Gasteiger partial charge in [-0.05, 0) is 73.1 Å². The van der Waals surface area contributed by atoms with E-state index in [2.05, 4.69) is 48.0 Å². The molecule has 3 heterocycles. The third kappa shape index (κ3) is 4.59. The average Bonchev–Trinajstić information content (AvgIpc) is 3.41. The van der Waals surface area contributed by atoms with Crippen LogP contribution in [0.25, 0.3) is 17.1 Å². The average molecular weight is 567 g/mol. The van der Waals surface area contributed by atoms with Gasteiger partial charge in [-0.1, -0.05) is 26.8 Å². The molecule has 1 aromatic carbocycles. The number of hydrogen-bond donors (Lipinski definition) is 0. The molecule has 2 atom stereocenters. The predicted molar refractivity (Wildman–Crippen MR) is 148 cm³/mol. The normalized spacial score (nSPS) is 20.1. The van der Waals surface area contributed by atoms with E-state index in [9.17, 15) is 17.2 Å². The highest BCUT2D eigenvalue weighted by atomic mass is 32.2. The van der Waals surface area contributed by atoms with E-state index in [0.717, 1.165) is 28.9 Å². The third-order valence-electron chi connectivity index (χ3n) is 8.40. The predicted octanol–water partition coefficient (Wildman–Crippen LogP) is 5.13. The zero-order chi connectivity index (χ0) is 29.0. The summed E-state index contributed by atoms with van der Waals surface area (Å²) in [5.74, 6) is -0.423. The number of halogens is 2. The lowest BCUT2D eigenvalue weighted by Crippen LogP contribution is -2.40. The lowest BCUT2D eigenvalue weighted by molar-refractivity contribution is 0.189. The molecule has 4 aromatic rings. The molecule has 1 aliphatic rings. The smallest absolute Gasteiger partial charge is 0.155 e. The number of nitrogens with zero attached hydrogens (tertiary/aromatic N) is 6. The lowest BCUT2D eigenvalue weighted by Gasteiger charge is -2.41. The van der Waals surface area contributed by atoms with Crippen LogP contribution >= 0.6 is 0 Å². The number of aryl methyl sites for hydroxylation is 2. The Morgan fingerprint density at radius 1 is 1.05 bits per heavy atom. The summed E-state index contributed by atoms with van der Waals surface area (Å²) in [7, 11) is -3.14. The molecule has 40 heavy (non-hydrogen) atoms. The second-order valence-corrected chi connectivity index (χ2v) is 13.6. The Kier molecular flexibility index (Phi) is 6.84. The van der Waals surface area contributed by atoms with Gasteiger partial charge in [-0.15, -0.1) is 10.2 Å². The number of pyridine rings is 1.